The summed E-state index contributed by atoms with van der Waals surface area (Å²) >= 11 is 0. The lowest BCUT2D eigenvalue weighted by molar-refractivity contribution is 0.0943. The molecule has 1 aromatic rings. The fourth-order valence-electron chi connectivity index (χ4n) is 2.81. The van der Waals surface area contributed by atoms with Gasteiger partial charge >= 0.3 is 0 Å². The Hall–Kier alpha value is -1.69. The number of carbonyl (C=O) groups excluding carboxylic acids is 1. The van der Waals surface area contributed by atoms with Crippen molar-refractivity contribution >= 4 is 11.9 Å². The number of ether oxygens (including phenoxy) is 1. The molecule has 0 saturated carbocycles. The average molecular weight is 306 g/mol. The molecule has 6 nitrogen and oxygen atoms in total. The van der Waals surface area contributed by atoms with Crippen LogP contribution in [0.15, 0.2) is 12.3 Å². The molecular weight excluding hydrogens is 280 g/mol. The molecule has 6 heteroatoms. The average Bonchev–Trinajstić information content (AvgIpc) is 2.58. The van der Waals surface area contributed by atoms with Crippen LogP contribution in [0.5, 0.6) is 0 Å². The molecule has 1 aromatic heterocycles. The van der Waals surface area contributed by atoms with Gasteiger partial charge in [0, 0.05) is 39.0 Å². The van der Waals surface area contributed by atoms with Gasteiger partial charge < -0.3 is 15.0 Å². The molecule has 2 heterocycles. The zero-order chi connectivity index (χ0) is 15.8. The Morgan fingerprint density at radius 3 is 3.14 bits per heavy atom. The van der Waals surface area contributed by atoms with Crippen molar-refractivity contribution in [2.24, 2.45) is 0 Å². The van der Waals surface area contributed by atoms with Crippen LogP contribution in [0.4, 0.5) is 5.95 Å². The van der Waals surface area contributed by atoms with E-state index in [4.69, 9.17) is 4.74 Å². The van der Waals surface area contributed by atoms with E-state index in [-0.39, 0.29) is 5.91 Å². The largest absolute Gasteiger partial charge is 0.385 e. The second kappa shape index (κ2) is 8.68. The highest BCUT2D eigenvalue weighted by Gasteiger charge is 2.23. The molecule has 1 fully saturated rings. The molecule has 1 saturated heterocycles. The van der Waals surface area contributed by atoms with Crippen LogP contribution in [0.1, 0.15) is 49.5 Å². The van der Waals surface area contributed by atoms with Crippen LogP contribution in [0.2, 0.25) is 0 Å². The molecule has 0 aromatic carbocycles. The lowest BCUT2D eigenvalue weighted by Crippen LogP contribution is -2.40. The predicted molar refractivity (Wildman–Crippen MR) is 86.1 cm³/mol. The summed E-state index contributed by atoms with van der Waals surface area (Å²) in [6.07, 6.45) is 7.14. The van der Waals surface area contributed by atoms with Gasteiger partial charge in [0.05, 0.1) is 0 Å². The molecule has 1 amide bonds. The van der Waals surface area contributed by atoms with Crippen LogP contribution in [-0.4, -0.2) is 48.7 Å². The number of amides is 1. The van der Waals surface area contributed by atoms with E-state index in [1.165, 1.54) is 12.8 Å². The lowest BCUT2D eigenvalue weighted by atomic mass is 10.0. The molecule has 1 aliphatic rings. The van der Waals surface area contributed by atoms with Gasteiger partial charge in [-0.05, 0) is 38.2 Å². The number of methoxy groups -OCH3 is 1. The molecule has 1 unspecified atom stereocenters. The van der Waals surface area contributed by atoms with Crippen LogP contribution in [0.3, 0.4) is 0 Å². The van der Waals surface area contributed by atoms with E-state index in [1.807, 2.05) is 0 Å². The monoisotopic (exact) mass is 306 g/mol. The van der Waals surface area contributed by atoms with Crippen LogP contribution >= 0.6 is 0 Å². The number of hydrogen-bond acceptors (Lipinski definition) is 5. The molecule has 0 aliphatic carbocycles. The van der Waals surface area contributed by atoms with Crippen molar-refractivity contribution in [3.63, 3.8) is 0 Å². The Labute approximate surface area is 132 Å². The van der Waals surface area contributed by atoms with Gasteiger partial charge in [-0.1, -0.05) is 6.92 Å². The second-order valence-electron chi connectivity index (χ2n) is 5.60. The Morgan fingerprint density at radius 1 is 1.50 bits per heavy atom. The molecule has 1 aliphatic heterocycles. The zero-order valence-electron chi connectivity index (χ0n) is 13.5. The zero-order valence-corrected chi connectivity index (χ0v) is 13.5. The van der Waals surface area contributed by atoms with Gasteiger partial charge in [0.15, 0.2) is 0 Å². The third-order valence-electron chi connectivity index (χ3n) is 4.04. The highest BCUT2D eigenvalue weighted by molar-refractivity contribution is 5.92. The standard InChI is InChI=1S/C16H26N4O2/c1-3-13-7-4-5-11-20(13)16-18-10-8-14(19-16)15(21)17-9-6-12-22-2/h8,10,13H,3-7,9,11-12H2,1-2H3,(H,17,21). The topological polar surface area (TPSA) is 67.4 Å². The minimum Gasteiger partial charge on any atom is -0.385 e. The fourth-order valence-corrected chi connectivity index (χ4v) is 2.81. The molecule has 1 atom stereocenters. The van der Waals surface area contributed by atoms with Crippen LogP contribution in [0.25, 0.3) is 0 Å². The van der Waals surface area contributed by atoms with Crippen LogP contribution < -0.4 is 10.2 Å². The van der Waals surface area contributed by atoms with E-state index in [1.54, 1.807) is 19.4 Å². The van der Waals surface area contributed by atoms with Gasteiger partial charge in [-0.15, -0.1) is 0 Å². The number of rotatable bonds is 7. The second-order valence-corrected chi connectivity index (χ2v) is 5.60. The van der Waals surface area contributed by atoms with Crippen molar-refractivity contribution in [1.29, 1.82) is 0 Å². The van der Waals surface area contributed by atoms with E-state index in [9.17, 15) is 4.79 Å². The number of anilines is 1. The highest BCUT2D eigenvalue weighted by atomic mass is 16.5. The number of hydrogen-bond donors (Lipinski definition) is 1. The van der Waals surface area contributed by atoms with Gasteiger partial charge in [-0.25, -0.2) is 9.97 Å². The fraction of sp³-hybridized carbons (Fsp3) is 0.688. The summed E-state index contributed by atoms with van der Waals surface area (Å²) in [6, 6.07) is 2.15. The van der Waals surface area contributed by atoms with E-state index in [0.29, 0.717) is 30.8 Å². The first kappa shape index (κ1) is 16.7. The number of carbonyl (C=O) groups is 1. The van der Waals surface area contributed by atoms with E-state index in [2.05, 4.69) is 27.1 Å². The normalized spacial score (nSPS) is 18.3. The summed E-state index contributed by atoms with van der Waals surface area (Å²) in [7, 11) is 1.65. The maximum atomic E-state index is 12.1. The Bertz CT molecular complexity index is 481. The lowest BCUT2D eigenvalue weighted by Gasteiger charge is -2.35. The van der Waals surface area contributed by atoms with Crippen molar-refractivity contribution < 1.29 is 9.53 Å². The van der Waals surface area contributed by atoms with E-state index < -0.39 is 0 Å². The highest BCUT2D eigenvalue weighted by Crippen LogP contribution is 2.23. The van der Waals surface area contributed by atoms with Gasteiger partial charge in [-0.3, -0.25) is 4.79 Å². The van der Waals surface area contributed by atoms with Crippen molar-refractivity contribution in [2.75, 3.05) is 31.7 Å². The summed E-state index contributed by atoms with van der Waals surface area (Å²) < 4.78 is 4.97. The van der Waals surface area contributed by atoms with Crippen LogP contribution in [0, 0.1) is 0 Å². The molecular formula is C16H26N4O2. The van der Waals surface area contributed by atoms with Gasteiger partial charge in [0.2, 0.25) is 5.95 Å². The predicted octanol–water partition coefficient (Wildman–Crippen LogP) is 2.01. The van der Waals surface area contributed by atoms with Crippen molar-refractivity contribution in [3.05, 3.63) is 18.0 Å². The molecule has 0 radical (unpaired) electrons. The van der Waals surface area contributed by atoms with Gasteiger partial charge in [-0.2, -0.15) is 0 Å². The van der Waals surface area contributed by atoms with Crippen molar-refractivity contribution in [1.82, 2.24) is 15.3 Å². The summed E-state index contributed by atoms with van der Waals surface area (Å²) in [5.41, 5.74) is 0.433. The summed E-state index contributed by atoms with van der Waals surface area (Å²) in [5, 5.41) is 2.86. The van der Waals surface area contributed by atoms with E-state index in [0.717, 1.165) is 25.8 Å². The number of piperidine rings is 1. The van der Waals surface area contributed by atoms with Gasteiger partial charge in [0.1, 0.15) is 5.69 Å². The van der Waals surface area contributed by atoms with Crippen LogP contribution in [-0.2, 0) is 4.74 Å². The quantitative estimate of drug-likeness (QED) is 0.781. The Balaban J connectivity index is 2.01. The minimum absolute atomic E-state index is 0.148. The Morgan fingerprint density at radius 2 is 2.36 bits per heavy atom. The molecule has 2 rings (SSSR count). The molecule has 122 valence electrons. The summed E-state index contributed by atoms with van der Waals surface area (Å²) in [6.45, 7) is 4.39. The number of nitrogens with one attached hydrogen (secondary N) is 1. The molecule has 0 spiro atoms. The third kappa shape index (κ3) is 4.40. The minimum atomic E-state index is -0.148. The first-order chi connectivity index (χ1) is 10.8. The third-order valence-corrected chi connectivity index (χ3v) is 4.04. The van der Waals surface area contributed by atoms with E-state index >= 15 is 0 Å². The maximum Gasteiger partial charge on any atom is 0.270 e. The van der Waals surface area contributed by atoms with Crippen molar-refractivity contribution in [3.8, 4) is 0 Å². The molecule has 1 N–H and O–H groups in total. The maximum absolute atomic E-state index is 12.1. The summed E-state index contributed by atoms with van der Waals surface area (Å²) in [4.78, 5) is 23.2. The smallest absolute Gasteiger partial charge is 0.270 e. The first-order valence-corrected chi connectivity index (χ1v) is 8.13. The van der Waals surface area contributed by atoms with Crippen molar-refractivity contribution in [2.45, 2.75) is 45.1 Å². The van der Waals surface area contributed by atoms with Gasteiger partial charge in [0.25, 0.3) is 5.91 Å². The first-order valence-electron chi connectivity index (χ1n) is 8.13. The number of aromatic nitrogens is 2. The SMILES string of the molecule is CCC1CCCCN1c1nccc(C(=O)NCCCOC)n1. The molecule has 22 heavy (non-hydrogen) atoms. The Kier molecular flexibility index (Phi) is 6.58. The molecule has 0 bridgehead atoms. The summed E-state index contributed by atoms with van der Waals surface area (Å²) in [5.74, 6) is 0.529. The number of nitrogens with zero attached hydrogens (tertiary/aromatic N) is 3.